The number of hydrogen-bond acceptors (Lipinski definition) is 5. The molecule has 1 N–H and O–H groups in total. The molecule has 5 nitrogen and oxygen atoms in total. The first-order valence-electron chi connectivity index (χ1n) is 5.25. The number of rotatable bonds is 4. The number of oxazole rings is 1. The summed E-state index contributed by atoms with van der Waals surface area (Å²) in [5.74, 6) is 3.10. The van der Waals surface area contributed by atoms with E-state index < -0.39 is 0 Å². The Bertz CT molecular complexity index is 467. The van der Waals surface area contributed by atoms with Gasteiger partial charge in [-0.1, -0.05) is 6.92 Å². The summed E-state index contributed by atoms with van der Waals surface area (Å²) in [5, 5.41) is 3.13. The van der Waals surface area contributed by atoms with Crippen LogP contribution in [-0.2, 0) is 13.0 Å². The van der Waals surface area contributed by atoms with Crippen molar-refractivity contribution >= 4 is 5.82 Å². The molecule has 0 aliphatic rings. The van der Waals surface area contributed by atoms with Gasteiger partial charge < -0.3 is 9.73 Å². The van der Waals surface area contributed by atoms with Gasteiger partial charge in [-0.15, -0.1) is 0 Å². The average molecular weight is 218 g/mol. The van der Waals surface area contributed by atoms with Crippen LogP contribution in [0.2, 0.25) is 0 Å². The van der Waals surface area contributed by atoms with Crippen molar-refractivity contribution in [2.45, 2.75) is 26.8 Å². The van der Waals surface area contributed by atoms with Crippen molar-refractivity contribution in [3.63, 3.8) is 0 Å². The van der Waals surface area contributed by atoms with Crippen molar-refractivity contribution in [1.29, 1.82) is 0 Å². The first kappa shape index (κ1) is 10.6. The second-order valence-corrected chi connectivity index (χ2v) is 3.42. The fourth-order valence-electron chi connectivity index (χ4n) is 1.31. The molecule has 0 radical (unpaired) electrons. The average Bonchev–Trinajstić information content (AvgIpc) is 2.74. The third-order valence-corrected chi connectivity index (χ3v) is 2.15. The van der Waals surface area contributed by atoms with Crippen LogP contribution >= 0.6 is 0 Å². The van der Waals surface area contributed by atoms with Crippen molar-refractivity contribution in [3.05, 3.63) is 35.9 Å². The maximum absolute atomic E-state index is 5.47. The maximum atomic E-state index is 5.47. The lowest BCUT2D eigenvalue weighted by Gasteiger charge is -2.02. The number of nitrogens with one attached hydrogen (secondary N) is 1. The van der Waals surface area contributed by atoms with E-state index in [2.05, 4.69) is 20.3 Å². The van der Waals surface area contributed by atoms with E-state index in [0.717, 1.165) is 23.8 Å². The molecule has 2 aromatic rings. The molecule has 0 unspecified atom stereocenters. The van der Waals surface area contributed by atoms with Gasteiger partial charge in [-0.3, -0.25) is 0 Å². The minimum absolute atomic E-state index is 0.538. The van der Waals surface area contributed by atoms with Gasteiger partial charge in [0.15, 0.2) is 0 Å². The van der Waals surface area contributed by atoms with Gasteiger partial charge >= 0.3 is 0 Å². The highest BCUT2D eigenvalue weighted by Crippen LogP contribution is 2.07. The topological polar surface area (TPSA) is 63.8 Å². The summed E-state index contributed by atoms with van der Waals surface area (Å²) in [5.41, 5.74) is 0. The van der Waals surface area contributed by atoms with E-state index in [1.165, 1.54) is 0 Å². The molecule has 5 heteroatoms. The van der Waals surface area contributed by atoms with Crippen LogP contribution in [0, 0.1) is 6.92 Å². The normalized spacial score (nSPS) is 10.4. The molecule has 0 aliphatic heterocycles. The molecule has 16 heavy (non-hydrogen) atoms. The fraction of sp³-hybridized carbons (Fsp3) is 0.364. The van der Waals surface area contributed by atoms with Crippen LogP contribution in [0.5, 0.6) is 0 Å². The summed E-state index contributed by atoms with van der Waals surface area (Å²) < 4.78 is 5.47. The number of anilines is 1. The van der Waals surface area contributed by atoms with Gasteiger partial charge in [-0.05, 0) is 13.0 Å². The Labute approximate surface area is 94.0 Å². The number of hydrogen-bond donors (Lipinski definition) is 1. The molecule has 0 amide bonds. The molecule has 0 aliphatic carbocycles. The molecule has 2 heterocycles. The lowest BCUT2D eigenvalue weighted by atomic mass is 10.4. The molecule has 0 aromatic carbocycles. The van der Waals surface area contributed by atoms with Crippen LogP contribution in [0.1, 0.15) is 24.4 Å². The molecule has 0 saturated heterocycles. The summed E-state index contributed by atoms with van der Waals surface area (Å²) in [6.45, 7) is 4.42. The van der Waals surface area contributed by atoms with Crippen molar-refractivity contribution in [2.75, 3.05) is 5.32 Å². The predicted octanol–water partition coefficient (Wildman–Crippen LogP) is 1.95. The Morgan fingerprint density at radius 3 is 2.94 bits per heavy atom. The van der Waals surface area contributed by atoms with Crippen molar-refractivity contribution in [3.8, 4) is 0 Å². The number of nitrogens with zero attached hydrogens (tertiary/aromatic N) is 3. The van der Waals surface area contributed by atoms with E-state index in [1.807, 2.05) is 19.9 Å². The fourth-order valence-corrected chi connectivity index (χ4v) is 1.31. The lowest BCUT2D eigenvalue weighted by molar-refractivity contribution is 0.465. The Morgan fingerprint density at radius 2 is 2.25 bits per heavy atom. The molecule has 0 fully saturated rings. The highest BCUT2D eigenvalue weighted by Gasteiger charge is 2.02. The van der Waals surface area contributed by atoms with Gasteiger partial charge in [-0.25, -0.2) is 15.0 Å². The zero-order valence-electron chi connectivity index (χ0n) is 9.40. The monoisotopic (exact) mass is 218 g/mol. The van der Waals surface area contributed by atoms with E-state index in [4.69, 9.17) is 4.42 Å². The minimum atomic E-state index is 0.538. The highest BCUT2D eigenvalue weighted by atomic mass is 16.4. The van der Waals surface area contributed by atoms with Gasteiger partial charge in [0.25, 0.3) is 0 Å². The molecule has 2 rings (SSSR count). The van der Waals surface area contributed by atoms with E-state index in [1.54, 1.807) is 12.4 Å². The summed E-state index contributed by atoms with van der Waals surface area (Å²) in [7, 11) is 0. The van der Waals surface area contributed by atoms with E-state index in [-0.39, 0.29) is 0 Å². The van der Waals surface area contributed by atoms with Crippen molar-refractivity contribution in [1.82, 2.24) is 15.0 Å². The largest absolute Gasteiger partial charge is 0.444 e. The van der Waals surface area contributed by atoms with Crippen LogP contribution in [-0.4, -0.2) is 15.0 Å². The third-order valence-electron chi connectivity index (χ3n) is 2.15. The Kier molecular flexibility index (Phi) is 3.14. The summed E-state index contributed by atoms with van der Waals surface area (Å²) in [4.78, 5) is 12.4. The Hall–Kier alpha value is -1.91. The summed E-state index contributed by atoms with van der Waals surface area (Å²) in [6.07, 6.45) is 4.33. The third kappa shape index (κ3) is 2.56. The standard InChI is InChI=1S/C11H14N4O/c1-3-9-6-14-11(16-9)7-13-10-4-5-12-8(2)15-10/h4-6H,3,7H2,1-2H3,(H,12,13,15). The van der Waals surface area contributed by atoms with E-state index >= 15 is 0 Å². The first-order valence-corrected chi connectivity index (χ1v) is 5.25. The van der Waals surface area contributed by atoms with Crippen LogP contribution < -0.4 is 5.32 Å². The SMILES string of the molecule is CCc1cnc(CNc2ccnc(C)n2)o1. The predicted molar refractivity (Wildman–Crippen MR) is 60.0 cm³/mol. The first-order chi connectivity index (χ1) is 7.78. The summed E-state index contributed by atoms with van der Waals surface area (Å²) in [6, 6.07) is 1.82. The quantitative estimate of drug-likeness (QED) is 0.849. The molecule has 2 aromatic heterocycles. The minimum Gasteiger partial charge on any atom is -0.444 e. The Morgan fingerprint density at radius 1 is 1.38 bits per heavy atom. The van der Waals surface area contributed by atoms with Crippen LogP contribution in [0.4, 0.5) is 5.82 Å². The van der Waals surface area contributed by atoms with E-state index in [0.29, 0.717) is 12.4 Å². The van der Waals surface area contributed by atoms with Gasteiger partial charge in [-0.2, -0.15) is 0 Å². The molecule has 0 saturated carbocycles. The second kappa shape index (κ2) is 4.74. The van der Waals surface area contributed by atoms with Crippen LogP contribution in [0.3, 0.4) is 0 Å². The van der Waals surface area contributed by atoms with Gasteiger partial charge in [0.2, 0.25) is 5.89 Å². The van der Waals surface area contributed by atoms with Gasteiger partial charge in [0, 0.05) is 12.6 Å². The smallest absolute Gasteiger partial charge is 0.213 e. The Balaban J connectivity index is 1.96. The highest BCUT2D eigenvalue weighted by molar-refractivity contribution is 5.32. The molecular weight excluding hydrogens is 204 g/mol. The van der Waals surface area contributed by atoms with Crippen molar-refractivity contribution in [2.24, 2.45) is 0 Å². The van der Waals surface area contributed by atoms with Crippen LogP contribution in [0.15, 0.2) is 22.9 Å². The van der Waals surface area contributed by atoms with Gasteiger partial charge in [0.05, 0.1) is 12.7 Å². The number of aromatic nitrogens is 3. The molecule has 84 valence electrons. The van der Waals surface area contributed by atoms with Crippen molar-refractivity contribution < 1.29 is 4.42 Å². The molecule has 0 spiro atoms. The summed E-state index contributed by atoms with van der Waals surface area (Å²) >= 11 is 0. The molecule has 0 bridgehead atoms. The van der Waals surface area contributed by atoms with E-state index in [9.17, 15) is 0 Å². The zero-order chi connectivity index (χ0) is 11.4. The van der Waals surface area contributed by atoms with Gasteiger partial charge in [0.1, 0.15) is 17.4 Å². The molecule has 0 atom stereocenters. The van der Waals surface area contributed by atoms with Crippen LogP contribution in [0.25, 0.3) is 0 Å². The maximum Gasteiger partial charge on any atom is 0.213 e. The molecular formula is C11H14N4O. The second-order valence-electron chi connectivity index (χ2n) is 3.42. The lowest BCUT2D eigenvalue weighted by Crippen LogP contribution is -2.02. The zero-order valence-corrected chi connectivity index (χ0v) is 9.40. The number of aryl methyl sites for hydroxylation is 2.